The van der Waals surface area contributed by atoms with Crippen LogP contribution in [-0.2, 0) is 7.05 Å². The fraction of sp³-hybridized carbons (Fsp3) is 0.636. The van der Waals surface area contributed by atoms with E-state index in [1.165, 1.54) is 10.9 Å². The lowest BCUT2D eigenvalue weighted by molar-refractivity contribution is 0.214. The number of hydrogen-bond acceptors (Lipinski definition) is 4. The van der Waals surface area contributed by atoms with E-state index < -0.39 is 0 Å². The first-order valence-electron chi connectivity index (χ1n) is 5.69. The summed E-state index contributed by atoms with van der Waals surface area (Å²) < 4.78 is 1.19. The topological polar surface area (TPSA) is 67.2 Å². The van der Waals surface area contributed by atoms with Crippen LogP contribution in [0.4, 0.5) is 5.69 Å². The van der Waals surface area contributed by atoms with E-state index in [9.17, 15) is 9.90 Å². The van der Waals surface area contributed by atoms with E-state index in [4.69, 9.17) is 11.6 Å². The number of rotatable bonds is 3. The highest BCUT2D eigenvalue weighted by Crippen LogP contribution is 2.33. The standard InChI is InChI=1S/C11H16ClN3O2/c1-15-10(17)9(12)8(6-13-15)14-11(7-16)4-2-3-5-11/h6,14,16H,2-5,7H2,1H3. The van der Waals surface area contributed by atoms with Gasteiger partial charge in [0.25, 0.3) is 5.56 Å². The summed E-state index contributed by atoms with van der Waals surface area (Å²) in [5.41, 5.74) is -0.175. The maximum Gasteiger partial charge on any atom is 0.287 e. The van der Waals surface area contributed by atoms with E-state index in [1.807, 2.05) is 0 Å². The third kappa shape index (κ3) is 2.30. The first kappa shape index (κ1) is 12.4. The lowest BCUT2D eigenvalue weighted by Crippen LogP contribution is -2.39. The molecule has 2 N–H and O–H groups in total. The van der Waals surface area contributed by atoms with Crippen molar-refractivity contribution in [2.45, 2.75) is 31.2 Å². The zero-order chi connectivity index (χ0) is 12.5. The molecule has 6 heteroatoms. The van der Waals surface area contributed by atoms with Crippen LogP contribution in [0.5, 0.6) is 0 Å². The molecule has 1 fully saturated rings. The van der Waals surface area contributed by atoms with Crippen molar-refractivity contribution < 1.29 is 5.11 Å². The third-order valence-electron chi connectivity index (χ3n) is 3.34. The van der Waals surface area contributed by atoms with Crippen LogP contribution < -0.4 is 10.9 Å². The second kappa shape index (κ2) is 4.66. The monoisotopic (exact) mass is 257 g/mol. The fourth-order valence-electron chi connectivity index (χ4n) is 2.26. The van der Waals surface area contributed by atoms with Crippen LogP contribution in [0.15, 0.2) is 11.0 Å². The summed E-state index contributed by atoms with van der Waals surface area (Å²) in [5.74, 6) is 0. The predicted molar refractivity (Wildman–Crippen MR) is 66.4 cm³/mol. The molecule has 0 aliphatic heterocycles. The van der Waals surface area contributed by atoms with Gasteiger partial charge < -0.3 is 10.4 Å². The maximum absolute atomic E-state index is 11.6. The van der Waals surface area contributed by atoms with E-state index in [-0.39, 0.29) is 22.7 Å². The average Bonchev–Trinajstić information content (AvgIpc) is 2.79. The van der Waals surface area contributed by atoms with Gasteiger partial charge in [0.1, 0.15) is 5.02 Å². The van der Waals surface area contributed by atoms with Crippen molar-refractivity contribution in [2.75, 3.05) is 11.9 Å². The van der Waals surface area contributed by atoms with Crippen LogP contribution in [0, 0.1) is 0 Å². The Labute approximate surface area is 104 Å². The van der Waals surface area contributed by atoms with Crippen molar-refractivity contribution >= 4 is 17.3 Å². The molecule has 0 atom stereocenters. The molecule has 94 valence electrons. The van der Waals surface area contributed by atoms with Gasteiger partial charge in [-0.1, -0.05) is 24.4 Å². The van der Waals surface area contributed by atoms with Gasteiger partial charge in [-0.2, -0.15) is 5.10 Å². The summed E-state index contributed by atoms with van der Waals surface area (Å²) in [4.78, 5) is 11.6. The van der Waals surface area contributed by atoms with Gasteiger partial charge in [-0.3, -0.25) is 4.79 Å². The highest BCUT2D eigenvalue weighted by atomic mass is 35.5. The summed E-state index contributed by atoms with van der Waals surface area (Å²) in [6.45, 7) is 0.0402. The summed E-state index contributed by atoms with van der Waals surface area (Å²) in [6.07, 6.45) is 5.44. The molecule has 5 nitrogen and oxygen atoms in total. The molecule has 0 unspecified atom stereocenters. The number of halogens is 1. The van der Waals surface area contributed by atoms with Crippen LogP contribution in [-0.4, -0.2) is 27.0 Å². The van der Waals surface area contributed by atoms with Gasteiger partial charge in [-0.15, -0.1) is 0 Å². The first-order valence-corrected chi connectivity index (χ1v) is 6.07. The maximum atomic E-state index is 11.6. The fourth-order valence-corrected chi connectivity index (χ4v) is 2.48. The smallest absolute Gasteiger partial charge is 0.287 e. The van der Waals surface area contributed by atoms with Crippen molar-refractivity contribution in [1.29, 1.82) is 0 Å². The number of aromatic nitrogens is 2. The Morgan fingerprint density at radius 3 is 2.82 bits per heavy atom. The van der Waals surface area contributed by atoms with Crippen molar-refractivity contribution in [1.82, 2.24) is 9.78 Å². The predicted octanol–water partition coefficient (Wildman–Crippen LogP) is 1.15. The Balaban J connectivity index is 2.30. The van der Waals surface area contributed by atoms with E-state index in [0.717, 1.165) is 25.7 Å². The lowest BCUT2D eigenvalue weighted by atomic mass is 9.99. The molecular weight excluding hydrogens is 242 g/mol. The minimum atomic E-state index is -0.350. The molecule has 0 bridgehead atoms. The molecule has 0 amide bonds. The zero-order valence-corrected chi connectivity index (χ0v) is 10.5. The van der Waals surface area contributed by atoms with E-state index in [0.29, 0.717) is 5.69 Å². The Morgan fingerprint density at radius 2 is 2.24 bits per heavy atom. The van der Waals surface area contributed by atoms with Crippen LogP contribution in [0.1, 0.15) is 25.7 Å². The summed E-state index contributed by atoms with van der Waals surface area (Å²) >= 11 is 5.98. The molecule has 1 heterocycles. The van der Waals surface area contributed by atoms with Crippen LogP contribution >= 0.6 is 11.6 Å². The van der Waals surface area contributed by atoms with Gasteiger partial charge in [0, 0.05) is 7.05 Å². The van der Waals surface area contributed by atoms with Crippen LogP contribution in [0.2, 0.25) is 5.02 Å². The van der Waals surface area contributed by atoms with E-state index in [1.54, 1.807) is 7.05 Å². The normalized spacial score (nSPS) is 18.3. The Kier molecular flexibility index (Phi) is 3.40. The highest BCUT2D eigenvalue weighted by molar-refractivity contribution is 6.32. The minimum absolute atomic E-state index is 0.0402. The summed E-state index contributed by atoms with van der Waals surface area (Å²) in [5, 5.41) is 16.7. The van der Waals surface area contributed by atoms with Crippen molar-refractivity contribution in [2.24, 2.45) is 7.05 Å². The number of aliphatic hydroxyl groups is 1. The van der Waals surface area contributed by atoms with Gasteiger partial charge >= 0.3 is 0 Å². The largest absolute Gasteiger partial charge is 0.394 e. The van der Waals surface area contributed by atoms with Crippen molar-refractivity contribution in [3.05, 3.63) is 21.6 Å². The third-order valence-corrected chi connectivity index (χ3v) is 3.71. The molecule has 1 aliphatic carbocycles. The van der Waals surface area contributed by atoms with E-state index in [2.05, 4.69) is 10.4 Å². The van der Waals surface area contributed by atoms with Crippen molar-refractivity contribution in [3.8, 4) is 0 Å². The summed E-state index contributed by atoms with van der Waals surface area (Å²) in [6, 6.07) is 0. The summed E-state index contributed by atoms with van der Waals surface area (Å²) in [7, 11) is 1.55. The molecule has 2 rings (SSSR count). The molecule has 1 aromatic heterocycles. The molecule has 17 heavy (non-hydrogen) atoms. The van der Waals surface area contributed by atoms with Gasteiger partial charge in [-0.05, 0) is 12.8 Å². The first-order chi connectivity index (χ1) is 8.08. The molecule has 1 aromatic rings. The van der Waals surface area contributed by atoms with Crippen LogP contribution in [0.3, 0.4) is 0 Å². The zero-order valence-electron chi connectivity index (χ0n) is 9.74. The number of nitrogens with one attached hydrogen (secondary N) is 1. The second-order valence-electron chi connectivity index (χ2n) is 4.57. The number of hydrogen-bond donors (Lipinski definition) is 2. The molecule has 0 aromatic carbocycles. The Hall–Kier alpha value is -1.07. The molecule has 0 spiro atoms. The Morgan fingerprint density at radius 1 is 1.59 bits per heavy atom. The number of aliphatic hydroxyl groups excluding tert-OH is 1. The van der Waals surface area contributed by atoms with Gasteiger partial charge in [0.15, 0.2) is 0 Å². The van der Waals surface area contributed by atoms with Gasteiger partial charge in [-0.25, -0.2) is 4.68 Å². The number of nitrogens with zero attached hydrogens (tertiary/aromatic N) is 2. The number of aryl methyl sites for hydroxylation is 1. The average molecular weight is 258 g/mol. The Bertz CT molecular complexity index is 466. The second-order valence-corrected chi connectivity index (χ2v) is 4.95. The molecular formula is C11H16ClN3O2. The quantitative estimate of drug-likeness (QED) is 0.853. The van der Waals surface area contributed by atoms with E-state index >= 15 is 0 Å². The number of anilines is 1. The SMILES string of the molecule is Cn1ncc(NC2(CO)CCCC2)c(Cl)c1=O. The molecule has 1 aliphatic rings. The van der Waals surface area contributed by atoms with Crippen molar-refractivity contribution in [3.63, 3.8) is 0 Å². The van der Waals surface area contributed by atoms with Gasteiger partial charge in [0.05, 0.1) is 24.0 Å². The molecule has 1 saturated carbocycles. The highest BCUT2D eigenvalue weighted by Gasteiger charge is 2.33. The minimum Gasteiger partial charge on any atom is -0.394 e. The van der Waals surface area contributed by atoms with Crippen LogP contribution in [0.25, 0.3) is 0 Å². The van der Waals surface area contributed by atoms with Gasteiger partial charge in [0.2, 0.25) is 0 Å². The molecule has 0 radical (unpaired) electrons. The molecule has 0 saturated heterocycles. The lowest BCUT2D eigenvalue weighted by Gasteiger charge is -2.29.